The standard InChI is InChI=1S/C6H10OS/c1-2-6(5-8)3-4-7/h2,5,7-8H,1,3-4H2/b6-5+. The van der Waals surface area contributed by atoms with Crippen LogP contribution in [0.15, 0.2) is 23.6 Å². The Kier molecular flexibility index (Phi) is 4.81. The summed E-state index contributed by atoms with van der Waals surface area (Å²) in [5, 5.41) is 10.0. The lowest BCUT2D eigenvalue weighted by Gasteiger charge is -1.92. The molecule has 0 aromatic carbocycles. The minimum absolute atomic E-state index is 0.165. The van der Waals surface area contributed by atoms with Gasteiger partial charge in [-0.1, -0.05) is 12.7 Å². The van der Waals surface area contributed by atoms with E-state index in [0.29, 0.717) is 6.42 Å². The van der Waals surface area contributed by atoms with Gasteiger partial charge in [-0.25, -0.2) is 0 Å². The molecule has 0 unspecified atom stereocenters. The zero-order valence-corrected chi connectivity index (χ0v) is 5.56. The molecule has 0 saturated carbocycles. The molecule has 0 saturated heterocycles. The van der Waals surface area contributed by atoms with Crippen LogP contribution in [0.1, 0.15) is 6.42 Å². The maximum absolute atomic E-state index is 8.38. The molecule has 0 spiro atoms. The van der Waals surface area contributed by atoms with Crippen LogP contribution in [0, 0.1) is 0 Å². The van der Waals surface area contributed by atoms with Crippen LogP contribution >= 0.6 is 12.6 Å². The van der Waals surface area contributed by atoms with Gasteiger partial charge in [-0.2, -0.15) is 12.6 Å². The Bertz CT molecular complexity index is 96.7. The van der Waals surface area contributed by atoms with Crippen molar-refractivity contribution >= 4 is 12.6 Å². The van der Waals surface area contributed by atoms with Gasteiger partial charge in [-0.3, -0.25) is 0 Å². The number of hydrogen-bond acceptors (Lipinski definition) is 2. The van der Waals surface area contributed by atoms with Crippen molar-refractivity contribution in [2.75, 3.05) is 6.61 Å². The van der Waals surface area contributed by atoms with Crippen LogP contribution in [0.4, 0.5) is 0 Å². The third kappa shape index (κ3) is 2.88. The van der Waals surface area contributed by atoms with Gasteiger partial charge in [-0.05, 0) is 17.4 Å². The quantitative estimate of drug-likeness (QED) is 0.436. The highest BCUT2D eigenvalue weighted by molar-refractivity contribution is 7.83. The smallest absolute Gasteiger partial charge is 0.0471 e. The summed E-state index contributed by atoms with van der Waals surface area (Å²) in [6.07, 6.45) is 2.33. The molecular weight excluding hydrogens is 120 g/mol. The van der Waals surface area contributed by atoms with Crippen LogP contribution in [-0.2, 0) is 0 Å². The maximum Gasteiger partial charge on any atom is 0.0471 e. The number of allylic oxidation sites excluding steroid dienone is 1. The van der Waals surface area contributed by atoms with E-state index in [4.69, 9.17) is 5.11 Å². The van der Waals surface area contributed by atoms with E-state index in [-0.39, 0.29) is 6.61 Å². The molecule has 0 aromatic rings. The lowest BCUT2D eigenvalue weighted by molar-refractivity contribution is 0.300. The summed E-state index contributed by atoms with van der Waals surface area (Å²) in [6, 6.07) is 0. The van der Waals surface area contributed by atoms with E-state index in [1.165, 1.54) is 0 Å². The molecule has 46 valence electrons. The van der Waals surface area contributed by atoms with Gasteiger partial charge in [0.05, 0.1) is 0 Å². The van der Waals surface area contributed by atoms with Crippen LogP contribution in [-0.4, -0.2) is 11.7 Å². The summed E-state index contributed by atoms with van der Waals surface area (Å²) in [5.74, 6) is 0. The predicted octanol–water partition coefficient (Wildman–Crippen LogP) is 1.37. The van der Waals surface area contributed by atoms with Gasteiger partial charge in [0.15, 0.2) is 0 Å². The first-order valence-corrected chi connectivity index (χ1v) is 2.93. The predicted molar refractivity (Wildman–Crippen MR) is 39.0 cm³/mol. The molecule has 0 aliphatic rings. The Morgan fingerprint density at radius 3 is 2.50 bits per heavy atom. The largest absolute Gasteiger partial charge is 0.396 e. The van der Waals surface area contributed by atoms with Gasteiger partial charge in [0.2, 0.25) is 0 Å². The van der Waals surface area contributed by atoms with Gasteiger partial charge >= 0.3 is 0 Å². The van der Waals surface area contributed by atoms with Crippen LogP contribution in [0.25, 0.3) is 0 Å². The van der Waals surface area contributed by atoms with E-state index in [2.05, 4.69) is 19.2 Å². The fourth-order valence-corrected chi connectivity index (χ4v) is 0.583. The number of aliphatic hydroxyl groups is 1. The van der Waals surface area contributed by atoms with Crippen LogP contribution < -0.4 is 0 Å². The van der Waals surface area contributed by atoms with E-state index >= 15 is 0 Å². The minimum Gasteiger partial charge on any atom is -0.396 e. The lowest BCUT2D eigenvalue weighted by atomic mass is 10.2. The molecular formula is C6H10OS. The second kappa shape index (κ2) is 4.94. The molecule has 0 atom stereocenters. The van der Waals surface area contributed by atoms with Gasteiger partial charge in [0.1, 0.15) is 0 Å². The molecule has 0 amide bonds. The van der Waals surface area contributed by atoms with Crippen molar-refractivity contribution in [3.8, 4) is 0 Å². The third-order valence-electron chi connectivity index (χ3n) is 0.828. The van der Waals surface area contributed by atoms with Crippen molar-refractivity contribution in [3.63, 3.8) is 0 Å². The van der Waals surface area contributed by atoms with Crippen molar-refractivity contribution in [3.05, 3.63) is 23.6 Å². The Morgan fingerprint density at radius 1 is 1.75 bits per heavy atom. The Balaban J connectivity index is 3.54. The zero-order chi connectivity index (χ0) is 6.41. The van der Waals surface area contributed by atoms with Gasteiger partial charge in [0.25, 0.3) is 0 Å². The van der Waals surface area contributed by atoms with Crippen LogP contribution in [0.2, 0.25) is 0 Å². The normalized spacial score (nSPS) is 11.5. The summed E-state index contributed by atoms with van der Waals surface area (Å²) >= 11 is 3.89. The second-order valence-electron chi connectivity index (χ2n) is 1.38. The molecule has 0 rings (SSSR count). The highest BCUT2D eigenvalue weighted by Crippen LogP contribution is 2.01. The Morgan fingerprint density at radius 2 is 2.38 bits per heavy atom. The fourth-order valence-electron chi connectivity index (χ4n) is 0.348. The fraction of sp³-hybridized carbons (Fsp3) is 0.333. The highest BCUT2D eigenvalue weighted by Gasteiger charge is 1.84. The first-order chi connectivity index (χ1) is 3.85. The topological polar surface area (TPSA) is 20.2 Å². The molecule has 0 aliphatic carbocycles. The Labute approximate surface area is 55.1 Å². The third-order valence-corrected chi connectivity index (χ3v) is 1.16. The summed E-state index contributed by atoms with van der Waals surface area (Å²) in [4.78, 5) is 0. The summed E-state index contributed by atoms with van der Waals surface area (Å²) in [5.41, 5.74) is 0.968. The average Bonchev–Trinajstić information content (AvgIpc) is 1.83. The van der Waals surface area contributed by atoms with E-state index < -0.39 is 0 Å². The molecule has 0 radical (unpaired) electrons. The number of thiol groups is 1. The maximum atomic E-state index is 8.38. The van der Waals surface area contributed by atoms with Crippen LogP contribution in [0.3, 0.4) is 0 Å². The first kappa shape index (κ1) is 7.79. The van der Waals surface area contributed by atoms with Crippen LogP contribution in [0.5, 0.6) is 0 Å². The number of aliphatic hydroxyl groups excluding tert-OH is 1. The lowest BCUT2D eigenvalue weighted by Crippen LogP contribution is -1.82. The van der Waals surface area contributed by atoms with E-state index in [1.54, 1.807) is 11.5 Å². The summed E-state index contributed by atoms with van der Waals surface area (Å²) < 4.78 is 0. The van der Waals surface area contributed by atoms with E-state index in [0.717, 1.165) is 5.57 Å². The van der Waals surface area contributed by atoms with Crippen molar-refractivity contribution in [2.24, 2.45) is 0 Å². The minimum atomic E-state index is 0.165. The van der Waals surface area contributed by atoms with Gasteiger partial charge in [0, 0.05) is 6.61 Å². The molecule has 0 fully saturated rings. The molecule has 0 aliphatic heterocycles. The van der Waals surface area contributed by atoms with Crippen molar-refractivity contribution in [1.29, 1.82) is 0 Å². The summed E-state index contributed by atoms with van der Waals surface area (Å²) in [7, 11) is 0. The molecule has 1 nitrogen and oxygen atoms in total. The molecule has 2 heteroatoms. The van der Waals surface area contributed by atoms with Gasteiger partial charge in [-0.15, -0.1) is 0 Å². The molecule has 1 N–H and O–H groups in total. The molecule has 0 aromatic heterocycles. The first-order valence-electron chi connectivity index (χ1n) is 2.41. The Hall–Kier alpha value is -0.210. The molecule has 8 heavy (non-hydrogen) atoms. The van der Waals surface area contributed by atoms with E-state index in [1.807, 2.05) is 0 Å². The number of rotatable bonds is 3. The molecule has 0 heterocycles. The van der Waals surface area contributed by atoms with E-state index in [9.17, 15) is 0 Å². The van der Waals surface area contributed by atoms with Crippen molar-refractivity contribution in [2.45, 2.75) is 6.42 Å². The average molecular weight is 130 g/mol. The SMILES string of the molecule is C=C/C(=C\S)CCO. The zero-order valence-electron chi connectivity index (χ0n) is 4.67. The van der Waals surface area contributed by atoms with Gasteiger partial charge < -0.3 is 5.11 Å². The second-order valence-corrected chi connectivity index (χ2v) is 1.64. The molecule has 0 bridgehead atoms. The van der Waals surface area contributed by atoms with Crippen molar-refractivity contribution < 1.29 is 5.11 Å². The monoisotopic (exact) mass is 130 g/mol. The highest BCUT2D eigenvalue weighted by atomic mass is 32.1. The summed E-state index contributed by atoms with van der Waals surface area (Å²) in [6.45, 7) is 3.69. The van der Waals surface area contributed by atoms with Crippen molar-refractivity contribution in [1.82, 2.24) is 0 Å². The number of hydrogen-bond donors (Lipinski definition) is 2.